The van der Waals surface area contributed by atoms with Gasteiger partial charge in [-0.25, -0.2) is 0 Å². The summed E-state index contributed by atoms with van der Waals surface area (Å²) in [5.41, 5.74) is 2.03. The topological polar surface area (TPSA) is 66.8 Å². The molecule has 5 nitrogen and oxygen atoms in total. The zero-order valence-electron chi connectivity index (χ0n) is 15.5. The molecule has 1 N–H and O–H groups in total. The maximum absolute atomic E-state index is 13.2. The molecule has 1 amide bonds. The van der Waals surface area contributed by atoms with Crippen LogP contribution in [0.2, 0.25) is 0 Å². The normalized spacial score (nSPS) is 18.8. The van der Waals surface area contributed by atoms with Crippen molar-refractivity contribution in [3.05, 3.63) is 58.7 Å². The quantitative estimate of drug-likeness (QED) is 0.897. The van der Waals surface area contributed by atoms with E-state index in [4.69, 9.17) is 4.74 Å². The summed E-state index contributed by atoms with van der Waals surface area (Å²) >= 11 is 0. The lowest BCUT2D eigenvalue weighted by Gasteiger charge is -2.23. The summed E-state index contributed by atoms with van der Waals surface area (Å²) in [4.78, 5) is 26.5. The van der Waals surface area contributed by atoms with Gasteiger partial charge >= 0.3 is 0 Å². The van der Waals surface area contributed by atoms with Crippen LogP contribution in [-0.4, -0.2) is 23.9 Å². The molecule has 1 atom stereocenters. The highest BCUT2D eigenvalue weighted by molar-refractivity contribution is 6.09. The number of nitrogens with zero attached hydrogens (tertiary/aromatic N) is 1. The van der Waals surface area contributed by atoms with Crippen molar-refractivity contribution in [1.29, 1.82) is 0 Å². The third-order valence-corrected chi connectivity index (χ3v) is 4.79. The summed E-state index contributed by atoms with van der Waals surface area (Å²) in [7, 11) is 1.58. The average Bonchev–Trinajstić information content (AvgIpc) is 2.77. The second-order valence-corrected chi connectivity index (χ2v) is 6.92. The number of aryl methyl sites for hydroxylation is 2. The Bertz CT molecular complexity index is 890. The van der Waals surface area contributed by atoms with Crippen molar-refractivity contribution >= 4 is 17.4 Å². The molecule has 1 heterocycles. The van der Waals surface area contributed by atoms with Crippen molar-refractivity contribution in [3.8, 4) is 5.75 Å². The van der Waals surface area contributed by atoms with E-state index >= 15 is 0 Å². The molecule has 1 unspecified atom stereocenters. The Morgan fingerprint density at radius 2 is 1.92 bits per heavy atom. The molecule has 2 aromatic carbocycles. The number of aliphatic hydroxyl groups is 1. The van der Waals surface area contributed by atoms with E-state index in [0.29, 0.717) is 17.0 Å². The first-order valence-corrected chi connectivity index (χ1v) is 8.55. The van der Waals surface area contributed by atoms with Crippen LogP contribution in [0.4, 0.5) is 5.69 Å². The van der Waals surface area contributed by atoms with Crippen LogP contribution in [0.25, 0.3) is 0 Å². The van der Waals surface area contributed by atoms with E-state index in [0.717, 1.165) is 16.7 Å². The first-order chi connectivity index (χ1) is 12.3. The molecule has 0 saturated heterocycles. The number of benzene rings is 2. The molecule has 0 aliphatic carbocycles. The summed E-state index contributed by atoms with van der Waals surface area (Å²) < 4.78 is 5.39. The van der Waals surface area contributed by atoms with Crippen molar-refractivity contribution in [2.45, 2.75) is 39.3 Å². The summed E-state index contributed by atoms with van der Waals surface area (Å²) in [5, 5.41) is 11.2. The molecule has 2 aromatic rings. The highest BCUT2D eigenvalue weighted by Gasteiger charge is 2.51. The van der Waals surface area contributed by atoms with E-state index < -0.39 is 11.5 Å². The number of rotatable bonds is 5. The second-order valence-electron chi connectivity index (χ2n) is 6.92. The van der Waals surface area contributed by atoms with Crippen LogP contribution >= 0.6 is 0 Å². The van der Waals surface area contributed by atoms with Crippen LogP contribution in [0.15, 0.2) is 36.4 Å². The number of anilines is 1. The molecular weight excluding hydrogens is 330 g/mol. The third kappa shape index (κ3) is 2.88. The third-order valence-electron chi connectivity index (χ3n) is 4.79. The Hall–Kier alpha value is -2.66. The molecule has 1 aliphatic heterocycles. The van der Waals surface area contributed by atoms with E-state index in [1.165, 1.54) is 6.92 Å². The first-order valence-electron chi connectivity index (χ1n) is 8.55. The maximum atomic E-state index is 13.2. The van der Waals surface area contributed by atoms with Crippen LogP contribution < -0.4 is 9.64 Å². The van der Waals surface area contributed by atoms with Gasteiger partial charge in [-0.1, -0.05) is 35.9 Å². The Balaban J connectivity index is 2.13. The summed E-state index contributed by atoms with van der Waals surface area (Å²) in [6, 6.07) is 11.2. The lowest BCUT2D eigenvalue weighted by atomic mass is 9.88. The number of hydrogen-bond donors (Lipinski definition) is 1. The molecule has 0 saturated carbocycles. The zero-order valence-corrected chi connectivity index (χ0v) is 15.5. The lowest BCUT2D eigenvalue weighted by Crippen LogP contribution is -2.41. The predicted molar refractivity (Wildman–Crippen MR) is 99.3 cm³/mol. The standard InChI is InChI=1S/C21H23NO4/c1-13-9-14(2)19-17(10-13)21(25,11-15(3)23)20(24)22(19)12-16-7-5-6-8-18(16)26-4/h5-10,25H,11-12H2,1-4H3. The van der Waals surface area contributed by atoms with Crippen LogP contribution in [0.1, 0.15) is 35.6 Å². The van der Waals surface area contributed by atoms with Crippen molar-refractivity contribution in [3.63, 3.8) is 0 Å². The molecule has 0 radical (unpaired) electrons. The molecule has 0 fully saturated rings. The van der Waals surface area contributed by atoms with Crippen LogP contribution in [0, 0.1) is 13.8 Å². The van der Waals surface area contributed by atoms with Gasteiger partial charge in [-0.15, -0.1) is 0 Å². The van der Waals surface area contributed by atoms with Crippen LogP contribution in [0.3, 0.4) is 0 Å². The number of methoxy groups -OCH3 is 1. The van der Waals surface area contributed by atoms with Gasteiger partial charge in [-0.05, 0) is 32.4 Å². The monoisotopic (exact) mass is 353 g/mol. The number of Topliss-reactive ketones (excluding diaryl/α,β-unsaturated/α-hetero) is 1. The van der Waals surface area contributed by atoms with E-state index in [1.807, 2.05) is 44.2 Å². The van der Waals surface area contributed by atoms with Gasteiger partial charge in [0, 0.05) is 17.5 Å². The van der Waals surface area contributed by atoms with E-state index in [9.17, 15) is 14.7 Å². The van der Waals surface area contributed by atoms with Gasteiger partial charge < -0.3 is 14.7 Å². The van der Waals surface area contributed by atoms with Gasteiger partial charge in [0.25, 0.3) is 5.91 Å². The zero-order chi connectivity index (χ0) is 19.1. The predicted octanol–water partition coefficient (Wildman–Crippen LogP) is 3.03. The fourth-order valence-corrected chi connectivity index (χ4v) is 3.76. The number of ketones is 1. The molecule has 0 aromatic heterocycles. The van der Waals surface area contributed by atoms with Gasteiger partial charge in [0.2, 0.25) is 0 Å². The molecule has 26 heavy (non-hydrogen) atoms. The van der Waals surface area contributed by atoms with Gasteiger partial charge in [-0.2, -0.15) is 0 Å². The minimum absolute atomic E-state index is 0.231. The maximum Gasteiger partial charge on any atom is 0.264 e. The molecule has 136 valence electrons. The number of amides is 1. The number of carbonyl (C=O) groups is 2. The molecule has 0 bridgehead atoms. The number of hydrogen-bond acceptors (Lipinski definition) is 4. The Morgan fingerprint density at radius 3 is 2.58 bits per heavy atom. The first kappa shape index (κ1) is 18.1. The summed E-state index contributed by atoms with van der Waals surface area (Å²) in [5.74, 6) is -0.0268. The largest absolute Gasteiger partial charge is 0.496 e. The van der Waals surface area contributed by atoms with Crippen molar-refractivity contribution < 1.29 is 19.4 Å². The molecule has 0 spiro atoms. The fourth-order valence-electron chi connectivity index (χ4n) is 3.76. The van der Waals surface area contributed by atoms with Crippen LogP contribution in [-0.2, 0) is 21.7 Å². The highest BCUT2D eigenvalue weighted by Crippen LogP contribution is 2.46. The summed E-state index contributed by atoms with van der Waals surface area (Å²) in [6.45, 7) is 5.47. The number of ether oxygens (including phenoxy) is 1. The van der Waals surface area contributed by atoms with Gasteiger partial charge in [-0.3, -0.25) is 9.59 Å². The Kier molecular flexibility index (Phi) is 4.59. The van der Waals surface area contributed by atoms with Crippen molar-refractivity contribution in [2.24, 2.45) is 0 Å². The van der Waals surface area contributed by atoms with Gasteiger partial charge in [0.15, 0.2) is 5.60 Å². The van der Waals surface area contributed by atoms with Crippen LogP contribution in [0.5, 0.6) is 5.75 Å². The number of fused-ring (bicyclic) bond motifs is 1. The fraction of sp³-hybridized carbons (Fsp3) is 0.333. The van der Waals surface area contributed by atoms with Crippen molar-refractivity contribution in [2.75, 3.05) is 12.0 Å². The Morgan fingerprint density at radius 1 is 1.23 bits per heavy atom. The molecule has 1 aliphatic rings. The lowest BCUT2D eigenvalue weighted by molar-refractivity contribution is -0.141. The van der Waals surface area contributed by atoms with E-state index in [1.54, 1.807) is 18.1 Å². The Labute approximate surface area is 153 Å². The smallest absolute Gasteiger partial charge is 0.264 e. The minimum Gasteiger partial charge on any atom is -0.496 e. The number of carbonyl (C=O) groups excluding carboxylic acids is 2. The van der Waals surface area contributed by atoms with Gasteiger partial charge in [0.1, 0.15) is 11.5 Å². The second kappa shape index (κ2) is 6.57. The SMILES string of the molecule is COc1ccccc1CN1C(=O)C(O)(CC(C)=O)c2cc(C)cc(C)c21. The number of para-hydroxylation sites is 1. The molecular formula is C21H23NO4. The summed E-state index contributed by atoms with van der Waals surface area (Å²) in [6.07, 6.45) is -0.232. The van der Waals surface area contributed by atoms with Crippen molar-refractivity contribution in [1.82, 2.24) is 0 Å². The minimum atomic E-state index is -1.82. The average molecular weight is 353 g/mol. The van der Waals surface area contributed by atoms with Gasteiger partial charge in [0.05, 0.1) is 19.3 Å². The highest BCUT2D eigenvalue weighted by atomic mass is 16.5. The molecule has 3 rings (SSSR count). The molecule has 5 heteroatoms. The van der Waals surface area contributed by atoms with E-state index in [-0.39, 0.29) is 18.7 Å². The van der Waals surface area contributed by atoms with E-state index in [2.05, 4.69) is 0 Å².